The fourth-order valence-electron chi connectivity index (χ4n) is 2.18. The van der Waals surface area contributed by atoms with Gasteiger partial charge in [0.15, 0.2) is 0 Å². The lowest BCUT2D eigenvalue weighted by molar-refractivity contribution is -0.144. The van der Waals surface area contributed by atoms with Crippen molar-refractivity contribution in [3.05, 3.63) is 35.9 Å². The van der Waals surface area contributed by atoms with Crippen LogP contribution >= 0.6 is 0 Å². The number of carbonyl (C=O) groups is 2. The van der Waals surface area contributed by atoms with E-state index in [0.717, 1.165) is 18.4 Å². The number of aliphatic carboxylic acids is 1. The van der Waals surface area contributed by atoms with Crippen molar-refractivity contribution in [2.75, 3.05) is 0 Å². The van der Waals surface area contributed by atoms with Crippen LogP contribution in [0, 0.1) is 11.8 Å². The number of hydrogen-bond acceptors (Lipinski definition) is 2. The third-order valence-electron chi connectivity index (χ3n) is 3.39. The SMILES string of the molecule is CCC[C@H](C)C(=O)C[C@@H](Cc1ccccc1)C(=O)O. The average molecular weight is 262 g/mol. The number of benzene rings is 1. The quantitative estimate of drug-likeness (QED) is 0.781. The van der Waals surface area contributed by atoms with Crippen molar-refractivity contribution >= 4 is 11.8 Å². The van der Waals surface area contributed by atoms with E-state index in [1.54, 1.807) is 0 Å². The minimum Gasteiger partial charge on any atom is -0.481 e. The van der Waals surface area contributed by atoms with E-state index in [9.17, 15) is 14.7 Å². The molecule has 0 unspecified atom stereocenters. The molecule has 3 heteroatoms. The smallest absolute Gasteiger partial charge is 0.307 e. The van der Waals surface area contributed by atoms with Gasteiger partial charge in [0, 0.05) is 12.3 Å². The van der Waals surface area contributed by atoms with Gasteiger partial charge in [-0.25, -0.2) is 0 Å². The molecule has 0 aliphatic heterocycles. The maximum Gasteiger partial charge on any atom is 0.307 e. The second kappa shape index (κ2) is 7.72. The molecule has 0 bridgehead atoms. The highest BCUT2D eigenvalue weighted by Crippen LogP contribution is 2.17. The van der Waals surface area contributed by atoms with Gasteiger partial charge in [0.1, 0.15) is 5.78 Å². The minimum atomic E-state index is -0.888. The number of hydrogen-bond donors (Lipinski definition) is 1. The average Bonchev–Trinajstić information content (AvgIpc) is 2.39. The van der Waals surface area contributed by atoms with Crippen molar-refractivity contribution in [1.29, 1.82) is 0 Å². The van der Waals surface area contributed by atoms with Crippen LogP contribution in [0.1, 0.15) is 38.7 Å². The normalized spacial score (nSPS) is 13.8. The number of carboxylic acid groups (broad SMARTS) is 1. The Hall–Kier alpha value is -1.64. The van der Waals surface area contributed by atoms with Gasteiger partial charge in [0.25, 0.3) is 0 Å². The molecule has 0 saturated heterocycles. The first kappa shape index (κ1) is 15.4. The zero-order valence-corrected chi connectivity index (χ0v) is 11.6. The molecular weight excluding hydrogens is 240 g/mol. The Kier molecular flexibility index (Phi) is 6.26. The molecule has 1 aromatic rings. The standard InChI is InChI=1S/C16H22O3/c1-3-7-12(2)15(17)11-14(16(18)19)10-13-8-5-4-6-9-13/h4-6,8-9,12,14H,3,7,10-11H2,1-2H3,(H,18,19)/t12-,14+/m0/s1. The number of carbonyl (C=O) groups excluding carboxylic acids is 1. The lowest BCUT2D eigenvalue weighted by Crippen LogP contribution is -2.23. The van der Waals surface area contributed by atoms with Crippen LogP contribution in [0.5, 0.6) is 0 Å². The molecule has 0 amide bonds. The topological polar surface area (TPSA) is 54.4 Å². The monoisotopic (exact) mass is 262 g/mol. The second-order valence-corrected chi connectivity index (χ2v) is 5.09. The largest absolute Gasteiger partial charge is 0.481 e. The molecule has 0 saturated carbocycles. The Morgan fingerprint density at radius 3 is 2.37 bits per heavy atom. The van der Waals surface area contributed by atoms with Crippen LogP contribution in [0.25, 0.3) is 0 Å². The molecule has 104 valence electrons. The molecule has 0 aromatic heterocycles. The summed E-state index contributed by atoms with van der Waals surface area (Å²) < 4.78 is 0. The number of ketones is 1. The first-order valence-electron chi connectivity index (χ1n) is 6.84. The van der Waals surface area contributed by atoms with Gasteiger partial charge in [-0.1, -0.05) is 50.6 Å². The third-order valence-corrected chi connectivity index (χ3v) is 3.39. The van der Waals surface area contributed by atoms with Gasteiger partial charge >= 0.3 is 5.97 Å². The van der Waals surface area contributed by atoms with Crippen molar-refractivity contribution in [2.45, 2.75) is 39.5 Å². The predicted octanol–water partition coefficient (Wildman–Crippen LogP) is 3.33. The van der Waals surface area contributed by atoms with Gasteiger partial charge in [-0.3, -0.25) is 9.59 Å². The van der Waals surface area contributed by atoms with Gasteiger partial charge in [-0.05, 0) is 18.4 Å². The lowest BCUT2D eigenvalue weighted by Gasteiger charge is -2.15. The van der Waals surface area contributed by atoms with Crippen molar-refractivity contribution < 1.29 is 14.7 Å². The van der Waals surface area contributed by atoms with Gasteiger partial charge < -0.3 is 5.11 Å². The molecule has 0 spiro atoms. The molecule has 0 aliphatic rings. The van der Waals surface area contributed by atoms with Crippen LogP contribution in [0.4, 0.5) is 0 Å². The minimum absolute atomic E-state index is 0.0392. The van der Waals surface area contributed by atoms with Gasteiger partial charge in [0.05, 0.1) is 5.92 Å². The fourth-order valence-corrected chi connectivity index (χ4v) is 2.18. The van der Waals surface area contributed by atoms with Gasteiger partial charge in [0.2, 0.25) is 0 Å². The highest BCUT2D eigenvalue weighted by molar-refractivity contribution is 5.85. The Labute approximate surface area is 114 Å². The van der Waals surface area contributed by atoms with E-state index in [-0.39, 0.29) is 18.1 Å². The van der Waals surface area contributed by atoms with Crippen LogP contribution in [-0.2, 0) is 16.0 Å². The lowest BCUT2D eigenvalue weighted by atomic mass is 9.89. The van der Waals surface area contributed by atoms with Crippen LogP contribution in [0.2, 0.25) is 0 Å². The summed E-state index contributed by atoms with van der Waals surface area (Å²) in [6.07, 6.45) is 2.33. The second-order valence-electron chi connectivity index (χ2n) is 5.09. The zero-order valence-electron chi connectivity index (χ0n) is 11.6. The van der Waals surface area contributed by atoms with E-state index < -0.39 is 11.9 Å². The van der Waals surface area contributed by atoms with E-state index in [1.807, 2.05) is 44.2 Å². The summed E-state index contributed by atoms with van der Waals surface area (Å²) in [7, 11) is 0. The Balaban J connectivity index is 2.64. The number of Topliss-reactive ketones (excluding diaryl/α,β-unsaturated/α-hetero) is 1. The van der Waals surface area contributed by atoms with Crippen LogP contribution in [0.3, 0.4) is 0 Å². The van der Waals surface area contributed by atoms with Crippen molar-refractivity contribution in [3.63, 3.8) is 0 Å². The summed E-state index contributed by atoms with van der Waals surface area (Å²) in [5.41, 5.74) is 0.964. The summed E-state index contributed by atoms with van der Waals surface area (Å²) >= 11 is 0. The summed E-state index contributed by atoms with van der Waals surface area (Å²) in [5, 5.41) is 9.24. The highest BCUT2D eigenvalue weighted by atomic mass is 16.4. The van der Waals surface area contributed by atoms with E-state index in [0.29, 0.717) is 6.42 Å². The number of carboxylic acids is 1. The molecule has 19 heavy (non-hydrogen) atoms. The predicted molar refractivity (Wildman–Crippen MR) is 75.0 cm³/mol. The molecule has 3 nitrogen and oxygen atoms in total. The molecule has 2 atom stereocenters. The van der Waals surface area contributed by atoms with E-state index in [2.05, 4.69) is 0 Å². The third kappa shape index (κ3) is 5.25. The van der Waals surface area contributed by atoms with Gasteiger partial charge in [-0.2, -0.15) is 0 Å². The molecule has 0 heterocycles. The molecule has 0 aliphatic carbocycles. The molecule has 1 aromatic carbocycles. The van der Waals surface area contributed by atoms with Gasteiger partial charge in [-0.15, -0.1) is 0 Å². The van der Waals surface area contributed by atoms with Crippen molar-refractivity contribution in [3.8, 4) is 0 Å². The molecule has 1 rings (SSSR count). The molecule has 1 N–H and O–H groups in total. The van der Waals surface area contributed by atoms with Crippen molar-refractivity contribution in [2.24, 2.45) is 11.8 Å². The number of rotatable bonds is 8. The molecular formula is C16H22O3. The Morgan fingerprint density at radius 1 is 1.21 bits per heavy atom. The maximum atomic E-state index is 12.0. The summed E-state index contributed by atoms with van der Waals surface area (Å²) in [6, 6.07) is 9.46. The maximum absolute atomic E-state index is 12.0. The first-order valence-corrected chi connectivity index (χ1v) is 6.84. The molecule has 0 fully saturated rings. The Morgan fingerprint density at radius 2 is 1.84 bits per heavy atom. The van der Waals surface area contributed by atoms with Crippen LogP contribution in [0.15, 0.2) is 30.3 Å². The fraction of sp³-hybridized carbons (Fsp3) is 0.500. The highest BCUT2D eigenvalue weighted by Gasteiger charge is 2.24. The van der Waals surface area contributed by atoms with Crippen LogP contribution < -0.4 is 0 Å². The van der Waals surface area contributed by atoms with Crippen LogP contribution in [-0.4, -0.2) is 16.9 Å². The van der Waals surface area contributed by atoms with Crippen molar-refractivity contribution in [1.82, 2.24) is 0 Å². The van der Waals surface area contributed by atoms with E-state index in [1.165, 1.54) is 0 Å². The Bertz CT molecular complexity index is 411. The van der Waals surface area contributed by atoms with E-state index >= 15 is 0 Å². The molecule has 0 radical (unpaired) electrons. The summed E-state index contributed by atoms with van der Waals surface area (Å²) in [6.45, 7) is 3.91. The zero-order chi connectivity index (χ0) is 14.3. The van der Waals surface area contributed by atoms with E-state index in [4.69, 9.17) is 0 Å². The summed E-state index contributed by atoms with van der Waals surface area (Å²) in [4.78, 5) is 23.2. The summed E-state index contributed by atoms with van der Waals surface area (Å²) in [5.74, 6) is -1.48. The first-order chi connectivity index (χ1) is 9.04.